The van der Waals surface area contributed by atoms with Gasteiger partial charge < -0.3 is 14.8 Å². The Balaban J connectivity index is 1.99. The molecule has 2 heterocycles. The maximum Gasteiger partial charge on any atom is 0.242 e. The zero-order valence-corrected chi connectivity index (χ0v) is 14.9. The van der Waals surface area contributed by atoms with Crippen LogP contribution in [-0.4, -0.2) is 39.4 Å². The average molecular weight is 382 g/mol. The second-order valence-electron chi connectivity index (χ2n) is 5.56. The Morgan fingerprint density at radius 3 is 2.60 bits per heavy atom. The van der Waals surface area contributed by atoms with Gasteiger partial charge in [0.15, 0.2) is 5.82 Å². The Morgan fingerprint density at radius 1 is 1.28 bits per heavy atom. The molecule has 0 unspecified atom stereocenters. The van der Waals surface area contributed by atoms with E-state index in [1.165, 1.54) is 4.90 Å². The third-order valence-electron chi connectivity index (χ3n) is 3.59. The first-order valence-corrected chi connectivity index (χ1v) is 8.04. The lowest BCUT2D eigenvalue weighted by molar-refractivity contribution is -0.129. The third kappa shape index (κ3) is 3.52. The minimum Gasteiger partial charge on any atom is -0.347 e. The molecule has 1 N–H and O–H groups in total. The van der Waals surface area contributed by atoms with E-state index in [0.29, 0.717) is 17.0 Å². The van der Waals surface area contributed by atoms with Gasteiger partial charge >= 0.3 is 0 Å². The van der Waals surface area contributed by atoms with E-state index in [-0.39, 0.29) is 22.5 Å². The summed E-state index contributed by atoms with van der Waals surface area (Å²) < 4.78 is 15.0. The lowest BCUT2D eigenvalue weighted by atomic mass is 10.3. The fourth-order valence-corrected chi connectivity index (χ4v) is 2.83. The van der Waals surface area contributed by atoms with Crippen molar-refractivity contribution >= 4 is 51.6 Å². The van der Waals surface area contributed by atoms with Gasteiger partial charge in [0.2, 0.25) is 5.91 Å². The SMILES string of the molecule is CN(C)C(=O)Cn1cnc2c(Nc3c(Cl)cc(F)cc3Cl)nccc21. The second-order valence-corrected chi connectivity index (χ2v) is 6.37. The van der Waals surface area contributed by atoms with Gasteiger partial charge in [0.25, 0.3) is 0 Å². The quantitative estimate of drug-likeness (QED) is 0.747. The van der Waals surface area contributed by atoms with E-state index in [1.54, 1.807) is 37.3 Å². The van der Waals surface area contributed by atoms with Gasteiger partial charge in [-0.15, -0.1) is 0 Å². The fourth-order valence-electron chi connectivity index (χ4n) is 2.28. The van der Waals surface area contributed by atoms with Gasteiger partial charge in [-0.25, -0.2) is 14.4 Å². The Labute approximate surface area is 153 Å². The number of benzene rings is 1. The molecule has 130 valence electrons. The number of halogens is 3. The maximum atomic E-state index is 13.3. The number of rotatable bonds is 4. The summed E-state index contributed by atoms with van der Waals surface area (Å²) in [7, 11) is 3.38. The summed E-state index contributed by atoms with van der Waals surface area (Å²) >= 11 is 12.1. The lowest BCUT2D eigenvalue weighted by Crippen LogP contribution is -2.25. The van der Waals surface area contributed by atoms with Crippen LogP contribution in [0.1, 0.15) is 0 Å². The minimum absolute atomic E-state index is 0.0600. The van der Waals surface area contributed by atoms with Crippen molar-refractivity contribution in [3.8, 4) is 0 Å². The predicted octanol–water partition coefficient (Wildman–Crippen LogP) is 3.71. The molecular weight excluding hydrogens is 368 g/mol. The van der Waals surface area contributed by atoms with E-state index in [1.807, 2.05) is 0 Å². The first-order chi connectivity index (χ1) is 11.9. The van der Waals surface area contributed by atoms with Crippen molar-refractivity contribution in [2.75, 3.05) is 19.4 Å². The molecule has 0 aliphatic rings. The molecule has 2 aromatic heterocycles. The Hall–Kier alpha value is -2.38. The molecule has 3 aromatic rings. The maximum absolute atomic E-state index is 13.3. The topological polar surface area (TPSA) is 63.1 Å². The van der Waals surface area contributed by atoms with Crippen molar-refractivity contribution in [2.45, 2.75) is 6.54 Å². The number of fused-ring (bicyclic) bond motifs is 1. The van der Waals surface area contributed by atoms with E-state index >= 15 is 0 Å². The summed E-state index contributed by atoms with van der Waals surface area (Å²) in [6.45, 7) is 0.158. The van der Waals surface area contributed by atoms with E-state index in [0.717, 1.165) is 17.6 Å². The number of pyridine rings is 1. The monoisotopic (exact) mass is 381 g/mol. The van der Waals surface area contributed by atoms with Crippen LogP contribution in [-0.2, 0) is 11.3 Å². The third-order valence-corrected chi connectivity index (χ3v) is 4.19. The number of hydrogen-bond donors (Lipinski definition) is 1. The van der Waals surface area contributed by atoms with Crippen molar-refractivity contribution in [3.05, 3.63) is 46.6 Å². The highest BCUT2D eigenvalue weighted by molar-refractivity contribution is 6.39. The molecule has 0 fully saturated rings. The second kappa shape index (κ2) is 6.85. The molecular formula is C16H14Cl2FN5O. The number of nitrogens with one attached hydrogen (secondary N) is 1. The van der Waals surface area contributed by atoms with Crippen molar-refractivity contribution in [2.24, 2.45) is 0 Å². The van der Waals surface area contributed by atoms with Gasteiger partial charge in [-0.2, -0.15) is 0 Å². The van der Waals surface area contributed by atoms with Crippen molar-refractivity contribution in [3.63, 3.8) is 0 Å². The molecule has 6 nitrogen and oxygen atoms in total. The van der Waals surface area contributed by atoms with Gasteiger partial charge in [-0.3, -0.25) is 4.79 Å². The highest BCUT2D eigenvalue weighted by atomic mass is 35.5. The number of likely N-dealkylation sites (N-methyl/N-ethyl adjacent to an activating group) is 1. The number of nitrogens with zero attached hydrogens (tertiary/aromatic N) is 4. The number of carbonyl (C=O) groups excluding carboxylic acids is 1. The molecule has 0 aliphatic carbocycles. The van der Waals surface area contributed by atoms with Gasteiger partial charge in [0.05, 0.1) is 27.6 Å². The van der Waals surface area contributed by atoms with Gasteiger partial charge in [-0.1, -0.05) is 23.2 Å². The number of anilines is 2. The molecule has 0 saturated heterocycles. The average Bonchev–Trinajstić information content (AvgIpc) is 2.94. The van der Waals surface area contributed by atoms with Crippen molar-refractivity contribution in [1.29, 1.82) is 0 Å². The largest absolute Gasteiger partial charge is 0.347 e. The summed E-state index contributed by atoms with van der Waals surface area (Å²) in [6.07, 6.45) is 3.14. The standard InChI is InChI=1S/C16H14Cl2FN5O/c1-23(2)13(25)7-24-8-21-15-12(24)3-4-20-16(15)22-14-10(17)5-9(19)6-11(14)18/h3-6,8H,7H2,1-2H3,(H,20,22). The number of hydrogen-bond acceptors (Lipinski definition) is 4. The lowest BCUT2D eigenvalue weighted by Gasteiger charge is -2.12. The van der Waals surface area contributed by atoms with Crippen LogP contribution in [0.2, 0.25) is 10.0 Å². The summed E-state index contributed by atoms with van der Waals surface area (Å²) in [6, 6.07) is 4.07. The fraction of sp³-hybridized carbons (Fsp3) is 0.188. The van der Waals surface area contributed by atoms with Gasteiger partial charge in [0.1, 0.15) is 17.9 Å². The summed E-state index contributed by atoms with van der Waals surface area (Å²) in [4.78, 5) is 22.0. The molecule has 25 heavy (non-hydrogen) atoms. The molecule has 0 radical (unpaired) electrons. The molecule has 0 bridgehead atoms. The van der Waals surface area contributed by atoms with E-state index in [4.69, 9.17) is 23.2 Å². The number of imidazole rings is 1. The van der Waals surface area contributed by atoms with Crippen LogP contribution in [0.25, 0.3) is 11.0 Å². The molecule has 3 rings (SSSR count). The zero-order valence-electron chi connectivity index (χ0n) is 13.4. The zero-order chi connectivity index (χ0) is 18.1. The highest BCUT2D eigenvalue weighted by Crippen LogP contribution is 2.34. The first-order valence-electron chi connectivity index (χ1n) is 7.28. The number of amides is 1. The van der Waals surface area contributed by atoms with Crippen molar-refractivity contribution < 1.29 is 9.18 Å². The molecule has 1 amide bonds. The Morgan fingerprint density at radius 2 is 1.96 bits per heavy atom. The number of carbonyl (C=O) groups is 1. The van der Waals surface area contributed by atoms with Crippen molar-refractivity contribution in [1.82, 2.24) is 19.4 Å². The Kier molecular flexibility index (Phi) is 4.78. The van der Waals surface area contributed by atoms with Crippen LogP contribution >= 0.6 is 23.2 Å². The molecule has 0 atom stereocenters. The van der Waals surface area contributed by atoms with Crippen LogP contribution in [0.5, 0.6) is 0 Å². The summed E-state index contributed by atoms with van der Waals surface area (Å²) in [5.41, 5.74) is 1.61. The predicted molar refractivity (Wildman–Crippen MR) is 95.9 cm³/mol. The normalized spacial score (nSPS) is 10.9. The summed E-state index contributed by atoms with van der Waals surface area (Å²) in [5, 5.41) is 3.25. The summed E-state index contributed by atoms with van der Waals surface area (Å²) in [5.74, 6) is -0.183. The van der Waals surface area contributed by atoms with E-state index < -0.39 is 5.82 Å². The molecule has 1 aromatic carbocycles. The molecule has 9 heteroatoms. The van der Waals surface area contributed by atoms with Crippen LogP contribution in [0.3, 0.4) is 0 Å². The molecule has 0 spiro atoms. The van der Waals surface area contributed by atoms with Crippen LogP contribution in [0.15, 0.2) is 30.7 Å². The first kappa shape index (κ1) is 17.4. The molecule has 0 aliphatic heterocycles. The van der Waals surface area contributed by atoms with Crippen LogP contribution in [0.4, 0.5) is 15.9 Å². The Bertz CT molecular complexity index is 934. The molecule has 0 saturated carbocycles. The van der Waals surface area contributed by atoms with Crippen LogP contribution < -0.4 is 5.32 Å². The smallest absolute Gasteiger partial charge is 0.242 e. The van der Waals surface area contributed by atoms with Crippen LogP contribution in [0, 0.1) is 5.82 Å². The number of aromatic nitrogens is 3. The highest BCUT2D eigenvalue weighted by Gasteiger charge is 2.15. The van der Waals surface area contributed by atoms with E-state index in [2.05, 4.69) is 15.3 Å². The van der Waals surface area contributed by atoms with Gasteiger partial charge in [0, 0.05) is 20.3 Å². The van der Waals surface area contributed by atoms with E-state index in [9.17, 15) is 9.18 Å². The van der Waals surface area contributed by atoms with Gasteiger partial charge in [-0.05, 0) is 18.2 Å². The minimum atomic E-state index is -0.529.